The Bertz CT molecular complexity index is 1390. The van der Waals surface area contributed by atoms with Crippen molar-refractivity contribution in [3.8, 4) is 0 Å². The molecule has 2 aromatic carbocycles. The molecule has 4 aliphatic carbocycles. The van der Waals surface area contributed by atoms with Crippen LogP contribution in [0.3, 0.4) is 0 Å². The molecule has 0 aliphatic heterocycles. The van der Waals surface area contributed by atoms with Gasteiger partial charge in [-0.2, -0.15) is 0 Å². The van der Waals surface area contributed by atoms with Crippen LogP contribution in [-0.4, -0.2) is 50.0 Å². The molecule has 4 fully saturated rings. The zero-order valence-electron chi connectivity index (χ0n) is 26.5. The van der Waals surface area contributed by atoms with E-state index in [0.29, 0.717) is 12.1 Å². The molecule has 0 saturated heterocycles. The van der Waals surface area contributed by atoms with Gasteiger partial charge >= 0.3 is 0 Å². The number of benzene rings is 2. The molecule has 0 heterocycles. The van der Waals surface area contributed by atoms with Crippen molar-refractivity contribution in [2.24, 2.45) is 17.8 Å². The summed E-state index contributed by atoms with van der Waals surface area (Å²) in [5.74, 6) is 1.84. The van der Waals surface area contributed by atoms with Gasteiger partial charge < -0.3 is 10.2 Å². The van der Waals surface area contributed by atoms with Crippen LogP contribution in [0, 0.1) is 24.7 Å². The van der Waals surface area contributed by atoms with Gasteiger partial charge in [0.15, 0.2) is 0 Å². The normalized spacial score (nSPS) is 25.7. The quantitative estimate of drug-likeness (QED) is 0.323. The number of sulfonamides is 1. The predicted molar refractivity (Wildman–Crippen MR) is 172 cm³/mol. The molecule has 4 aliphatic rings. The number of carbonyl (C=O) groups excluding carboxylic acids is 2. The van der Waals surface area contributed by atoms with E-state index in [0.717, 1.165) is 41.6 Å². The number of rotatable bonds is 12. The standard InChI is InChI=1S/C35H49N3O4S/c1-6-25(4)36-34(40)32(7-2)37(22-29-11-9-8-10-24(29)3)33(39)23-38(43(5,41)42)31-14-12-30(13-15-31)35-19-26-16-27(20-35)18-28(17-26)21-35/h8-15,25-28,32H,6-7,16-23H2,1-5H3,(H,36,40)/t25-,26?,27?,28?,32+,35?/m1/s1. The second kappa shape index (κ2) is 12.6. The maximum Gasteiger partial charge on any atom is 0.244 e. The van der Waals surface area contributed by atoms with E-state index in [1.165, 1.54) is 48.4 Å². The molecular formula is C35H49N3O4S. The molecule has 6 rings (SSSR count). The van der Waals surface area contributed by atoms with Gasteiger partial charge in [-0.15, -0.1) is 0 Å². The first-order valence-corrected chi connectivity index (χ1v) is 18.0. The van der Waals surface area contributed by atoms with Crippen molar-refractivity contribution < 1.29 is 18.0 Å². The average Bonchev–Trinajstić information content (AvgIpc) is 2.95. The summed E-state index contributed by atoms with van der Waals surface area (Å²) < 4.78 is 27.5. The van der Waals surface area contributed by atoms with E-state index >= 15 is 0 Å². The smallest absolute Gasteiger partial charge is 0.244 e. The fraction of sp³-hybridized carbons (Fsp3) is 0.600. The molecule has 0 spiro atoms. The Hall–Kier alpha value is -2.87. The Morgan fingerprint density at radius 3 is 2.02 bits per heavy atom. The fourth-order valence-corrected chi connectivity index (χ4v) is 9.24. The topological polar surface area (TPSA) is 86.8 Å². The minimum atomic E-state index is -3.78. The van der Waals surface area contributed by atoms with Crippen molar-refractivity contribution in [3.05, 3.63) is 65.2 Å². The predicted octanol–water partition coefficient (Wildman–Crippen LogP) is 5.95. The largest absolute Gasteiger partial charge is 0.352 e. The van der Waals surface area contributed by atoms with E-state index in [-0.39, 0.29) is 30.5 Å². The molecule has 0 radical (unpaired) electrons. The average molecular weight is 608 g/mol. The van der Waals surface area contributed by atoms with E-state index in [9.17, 15) is 18.0 Å². The maximum atomic E-state index is 14.1. The lowest BCUT2D eigenvalue weighted by Crippen LogP contribution is -2.53. The Morgan fingerprint density at radius 1 is 0.930 bits per heavy atom. The lowest BCUT2D eigenvalue weighted by Gasteiger charge is -2.57. The maximum absolute atomic E-state index is 14.1. The van der Waals surface area contributed by atoms with Gasteiger partial charge in [0, 0.05) is 12.6 Å². The highest BCUT2D eigenvalue weighted by Gasteiger charge is 2.51. The van der Waals surface area contributed by atoms with Gasteiger partial charge in [-0.05, 0) is 117 Å². The van der Waals surface area contributed by atoms with Crippen molar-refractivity contribution >= 4 is 27.5 Å². The highest BCUT2D eigenvalue weighted by Crippen LogP contribution is 2.60. The summed E-state index contributed by atoms with van der Waals surface area (Å²) in [6.07, 6.45) is 10.1. The molecule has 8 heteroatoms. The summed E-state index contributed by atoms with van der Waals surface area (Å²) in [5.41, 5.74) is 3.94. The number of nitrogens with zero attached hydrogens (tertiary/aromatic N) is 2. The van der Waals surface area contributed by atoms with E-state index in [1.54, 1.807) is 4.90 Å². The number of anilines is 1. The molecule has 0 aromatic heterocycles. The van der Waals surface area contributed by atoms with Crippen LogP contribution in [0.25, 0.3) is 0 Å². The van der Waals surface area contributed by atoms with Gasteiger partial charge in [0.1, 0.15) is 12.6 Å². The van der Waals surface area contributed by atoms with Crippen LogP contribution in [0.4, 0.5) is 5.69 Å². The highest BCUT2D eigenvalue weighted by molar-refractivity contribution is 7.92. The van der Waals surface area contributed by atoms with Gasteiger partial charge in [0.25, 0.3) is 0 Å². The third-order valence-electron chi connectivity index (χ3n) is 10.5. The van der Waals surface area contributed by atoms with Crippen LogP contribution < -0.4 is 9.62 Å². The zero-order chi connectivity index (χ0) is 30.9. The molecule has 0 unspecified atom stereocenters. The first kappa shape index (κ1) is 31.6. The number of aryl methyl sites for hydroxylation is 1. The van der Waals surface area contributed by atoms with Crippen molar-refractivity contribution in [1.82, 2.24) is 10.2 Å². The van der Waals surface area contributed by atoms with Gasteiger partial charge in [-0.25, -0.2) is 8.42 Å². The second-order valence-electron chi connectivity index (χ2n) is 13.7. The van der Waals surface area contributed by atoms with E-state index in [1.807, 2.05) is 64.1 Å². The molecule has 7 nitrogen and oxygen atoms in total. The van der Waals surface area contributed by atoms with Crippen LogP contribution in [0.2, 0.25) is 0 Å². The molecule has 2 atom stereocenters. The number of hydrogen-bond acceptors (Lipinski definition) is 4. The van der Waals surface area contributed by atoms with Crippen LogP contribution in [0.1, 0.15) is 88.8 Å². The molecule has 2 aromatic rings. The summed E-state index contributed by atoms with van der Waals surface area (Å²) in [7, 11) is -3.78. The molecule has 4 saturated carbocycles. The van der Waals surface area contributed by atoms with Crippen molar-refractivity contribution in [3.63, 3.8) is 0 Å². The molecule has 1 N–H and O–H groups in total. The minimum absolute atomic E-state index is 0.0306. The third kappa shape index (κ3) is 6.79. The molecular weight excluding hydrogens is 558 g/mol. The minimum Gasteiger partial charge on any atom is -0.352 e. The van der Waals surface area contributed by atoms with Crippen molar-refractivity contribution in [2.45, 2.75) is 103 Å². The first-order valence-electron chi connectivity index (χ1n) is 16.1. The monoisotopic (exact) mass is 607 g/mol. The van der Waals surface area contributed by atoms with Crippen LogP contribution in [0.15, 0.2) is 48.5 Å². The van der Waals surface area contributed by atoms with E-state index in [4.69, 9.17) is 0 Å². The molecule has 2 amide bonds. The van der Waals surface area contributed by atoms with Crippen LogP contribution >= 0.6 is 0 Å². The summed E-state index contributed by atoms with van der Waals surface area (Å²) >= 11 is 0. The Labute approximate surface area is 258 Å². The summed E-state index contributed by atoms with van der Waals surface area (Å²) in [6.45, 7) is 7.66. The van der Waals surface area contributed by atoms with Gasteiger partial charge in [-0.1, -0.05) is 50.2 Å². The number of carbonyl (C=O) groups is 2. The highest BCUT2D eigenvalue weighted by atomic mass is 32.2. The molecule has 4 bridgehead atoms. The Kier molecular flexibility index (Phi) is 9.26. The Balaban J connectivity index is 1.41. The van der Waals surface area contributed by atoms with Crippen LogP contribution in [0.5, 0.6) is 0 Å². The molecule has 234 valence electrons. The summed E-state index contributed by atoms with van der Waals surface area (Å²) in [5, 5.41) is 3.03. The molecule has 43 heavy (non-hydrogen) atoms. The van der Waals surface area contributed by atoms with E-state index < -0.39 is 22.0 Å². The number of hydrogen-bond donors (Lipinski definition) is 1. The van der Waals surface area contributed by atoms with Crippen molar-refractivity contribution in [1.29, 1.82) is 0 Å². The summed E-state index contributed by atoms with van der Waals surface area (Å²) in [6, 6.07) is 15.0. The number of amides is 2. The van der Waals surface area contributed by atoms with Gasteiger partial charge in [-0.3, -0.25) is 13.9 Å². The van der Waals surface area contributed by atoms with Gasteiger partial charge in [0.05, 0.1) is 11.9 Å². The fourth-order valence-electron chi connectivity index (χ4n) is 8.39. The van der Waals surface area contributed by atoms with E-state index in [2.05, 4.69) is 17.4 Å². The Morgan fingerprint density at radius 2 is 1.51 bits per heavy atom. The summed E-state index contributed by atoms with van der Waals surface area (Å²) in [4.78, 5) is 29.0. The van der Waals surface area contributed by atoms with Gasteiger partial charge in [0.2, 0.25) is 21.8 Å². The lowest BCUT2D eigenvalue weighted by molar-refractivity contribution is -0.140. The lowest BCUT2D eigenvalue weighted by atomic mass is 9.48. The van der Waals surface area contributed by atoms with Crippen molar-refractivity contribution in [2.75, 3.05) is 17.1 Å². The second-order valence-corrected chi connectivity index (χ2v) is 15.6. The first-order chi connectivity index (χ1) is 20.4. The third-order valence-corrected chi connectivity index (χ3v) is 11.6. The zero-order valence-corrected chi connectivity index (χ0v) is 27.3. The van der Waals surface area contributed by atoms with Crippen LogP contribution in [-0.2, 0) is 31.6 Å². The SMILES string of the molecule is CC[C@@H](C)NC(=O)[C@H](CC)N(Cc1ccccc1C)C(=O)CN(c1ccc(C23CC4CC(CC(C4)C2)C3)cc1)S(C)(=O)=O. The number of nitrogens with one attached hydrogen (secondary N) is 1.